The van der Waals surface area contributed by atoms with Crippen molar-refractivity contribution in [3.8, 4) is 0 Å². The normalized spacial score (nSPS) is 33.4. The van der Waals surface area contributed by atoms with E-state index in [1.54, 1.807) is 5.19 Å². The van der Waals surface area contributed by atoms with Crippen molar-refractivity contribution in [2.45, 2.75) is 102 Å². The molecule has 196 valence electrons. The molecule has 2 saturated carbocycles. The highest BCUT2D eigenvalue weighted by atomic mass is 28.3. The summed E-state index contributed by atoms with van der Waals surface area (Å²) < 4.78 is 40.8. The smallest absolute Gasteiger partial charge is 0.194 e. The fourth-order valence-corrected chi connectivity index (χ4v) is 13.8. The Morgan fingerprint density at radius 2 is 1.14 bits per heavy atom. The Balaban J connectivity index is 1.10. The van der Waals surface area contributed by atoms with E-state index < -0.39 is 25.5 Å². The number of halogens is 3. The zero-order chi connectivity index (χ0) is 25.1. The standard InChI is InChI=1S/C32H43F3Si/c1-2-18-36(29-6-4-3-5-7-29)19-16-27(17-20-36)25-10-8-23(9-11-25)24-12-14-26(15-13-24)28-21-30(33)32(35)31(34)22-28/h3-7,21-27H,2,8-20H2,1H3. The molecular weight excluding hydrogens is 469 g/mol. The molecule has 1 heterocycles. The van der Waals surface area contributed by atoms with Crippen LogP contribution in [0.15, 0.2) is 42.5 Å². The maximum atomic E-state index is 13.7. The van der Waals surface area contributed by atoms with Crippen molar-refractivity contribution in [2.24, 2.45) is 23.7 Å². The van der Waals surface area contributed by atoms with Gasteiger partial charge in [0.05, 0.1) is 8.07 Å². The summed E-state index contributed by atoms with van der Waals surface area (Å²) in [6.45, 7) is 2.37. The number of hydrogen-bond donors (Lipinski definition) is 0. The second kappa shape index (κ2) is 11.5. The van der Waals surface area contributed by atoms with Crippen LogP contribution >= 0.6 is 0 Å². The van der Waals surface area contributed by atoms with Crippen molar-refractivity contribution in [1.29, 1.82) is 0 Å². The third kappa shape index (κ3) is 5.49. The second-order valence-corrected chi connectivity index (χ2v) is 17.0. The van der Waals surface area contributed by atoms with Gasteiger partial charge in [-0.1, -0.05) is 79.8 Å². The molecule has 3 aliphatic rings. The molecule has 36 heavy (non-hydrogen) atoms. The summed E-state index contributed by atoms with van der Waals surface area (Å²) in [6, 6.07) is 18.4. The summed E-state index contributed by atoms with van der Waals surface area (Å²) in [5.74, 6) is 0.162. The van der Waals surface area contributed by atoms with Gasteiger partial charge in [0.2, 0.25) is 0 Å². The molecule has 5 rings (SSSR count). The van der Waals surface area contributed by atoms with Gasteiger partial charge in [-0.3, -0.25) is 0 Å². The van der Waals surface area contributed by atoms with Crippen LogP contribution in [0, 0.1) is 41.1 Å². The first-order valence-electron chi connectivity index (χ1n) is 14.7. The lowest BCUT2D eigenvalue weighted by molar-refractivity contribution is 0.129. The minimum absolute atomic E-state index is 0.168. The van der Waals surface area contributed by atoms with E-state index in [4.69, 9.17) is 0 Å². The minimum Gasteiger partial charge on any atom is -0.204 e. The minimum atomic E-state index is -1.35. The van der Waals surface area contributed by atoms with Gasteiger partial charge >= 0.3 is 0 Å². The largest absolute Gasteiger partial charge is 0.204 e. The maximum Gasteiger partial charge on any atom is 0.194 e. The molecule has 0 nitrogen and oxygen atoms in total. The monoisotopic (exact) mass is 512 g/mol. The van der Waals surface area contributed by atoms with E-state index in [1.807, 2.05) is 0 Å². The van der Waals surface area contributed by atoms with E-state index in [0.717, 1.165) is 49.4 Å². The van der Waals surface area contributed by atoms with Crippen LogP contribution in [0.25, 0.3) is 0 Å². The van der Waals surface area contributed by atoms with Gasteiger partial charge in [-0.15, -0.1) is 0 Å². The summed E-state index contributed by atoms with van der Waals surface area (Å²) in [6.07, 6.45) is 14.0. The molecule has 0 unspecified atom stereocenters. The first kappa shape index (κ1) is 26.1. The fourth-order valence-electron chi connectivity index (χ4n) is 8.44. The Morgan fingerprint density at radius 1 is 0.667 bits per heavy atom. The van der Waals surface area contributed by atoms with E-state index >= 15 is 0 Å². The quantitative estimate of drug-likeness (QED) is 0.267. The predicted molar refractivity (Wildman–Crippen MR) is 146 cm³/mol. The Labute approximate surface area is 217 Å². The SMILES string of the molecule is CCC[Si]1(c2ccccc2)CCC(C2CCC(C3CCC(c4cc(F)c(F)c(F)c4)CC3)CC2)CC1. The van der Waals surface area contributed by atoms with Gasteiger partial charge in [0, 0.05) is 0 Å². The molecule has 0 amide bonds. The molecule has 2 aliphatic carbocycles. The Hall–Kier alpha value is -1.55. The fraction of sp³-hybridized carbons (Fsp3) is 0.625. The third-order valence-corrected chi connectivity index (χ3v) is 16.0. The summed E-state index contributed by atoms with van der Waals surface area (Å²) in [5.41, 5.74) is 0.643. The van der Waals surface area contributed by atoms with E-state index in [1.165, 1.54) is 75.2 Å². The molecule has 2 aromatic carbocycles. The van der Waals surface area contributed by atoms with Crippen molar-refractivity contribution < 1.29 is 13.2 Å². The van der Waals surface area contributed by atoms with Crippen LogP contribution in [0.4, 0.5) is 13.2 Å². The summed E-state index contributed by atoms with van der Waals surface area (Å²) in [5, 5.41) is 1.70. The predicted octanol–water partition coefficient (Wildman–Crippen LogP) is 9.36. The molecule has 1 aliphatic heterocycles. The third-order valence-electron chi connectivity index (χ3n) is 10.5. The molecule has 3 fully saturated rings. The van der Waals surface area contributed by atoms with Gasteiger partial charge in [-0.05, 0) is 98.7 Å². The lowest BCUT2D eigenvalue weighted by atomic mass is 9.66. The number of hydrogen-bond acceptors (Lipinski definition) is 0. The first-order chi connectivity index (χ1) is 17.5. The molecule has 0 N–H and O–H groups in total. The van der Waals surface area contributed by atoms with Crippen molar-refractivity contribution in [1.82, 2.24) is 0 Å². The van der Waals surface area contributed by atoms with Crippen LogP contribution < -0.4 is 5.19 Å². The van der Waals surface area contributed by atoms with Gasteiger partial charge in [0.25, 0.3) is 0 Å². The highest BCUT2D eigenvalue weighted by molar-refractivity contribution is 6.92. The summed E-state index contributed by atoms with van der Waals surface area (Å²) in [7, 11) is -1.32. The van der Waals surface area contributed by atoms with Crippen molar-refractivity contribution in [3.05, 3.63) is 65.5 Å². The molecule has 4 heteroatoms. The van der Waals surface area contributed by atoms with Gasteiger partial charge in [-0.25, -0.2) is 13.2 Å². The second-order valence-electron chi connectivity index (χ2n) is 12.3. The molecule has 1 saturated heterocycles. The Morgan fingerprint density at radius 3 is 1.64 bits per heavy atom. The zero-order valence-corrected chi connectivity index (χ0v) is 23.0. The maximum absolute atomic E-state index is 13.7. The van der Waals surface area contributed by atoms with Crippen LogP contribution in [0.3, 0.4) is 0 Å². The van der Waals surface area contributed by atoms with Crippen LogP contribution in [0.5, 0.6) is 0 Å². The van der Waals surface area contributed by atoms with E-state index in [-0.39, 0.29) is 5.92 Å². The zero-order valence-electron chi connectivity index (χ0n) is 22.0. The summed E-state index contributed by atoms with van der Waals surface area (Å²) in [4.78, 5) is 0. The van der Waals surface area contributed by atoms with Crippen LogP contribution in [-0.2, 0) is 0 Å². The van der Waals surface area contributed by atoms with Gasteiger partial charge in [0.1, 0.15) is 0 Å². The Bertz CT molecular complexity index is 959. The van der Waals surface area contributed by atoms with E-state index in [2.05, 4.69) is 37.3 Å². The van der Waals surface area contributed by atoms with Crippen molar-refractivity contribution in [3.63, 3.8) is 0 Å². The van der Waals surface area contributed by atoms with Crippen molar-refractivity contribution in [2.75, 3.05) is 0 Å². The van der Waals surface area contributed by atoms with Crippen LogP contribution in [0.1, 0.15) is 89.0 Å². The van der Waals surface area contributed by atoms with Crippen molar-refractivity contribution >= 4 is 13.3 Å². The first-order valence-corrected chi connectivity index (χ1v) is 17.3. The molecule has 0 radical (unpaired) electrons. The highest BCUT2D eigenvalue weighted by Crippen LogP contribution is 2.48. The van der Waals surface area contributed by atoms with E-state index in [9.17, 15) is 13.2 Å². The highest BCUT2D eigenvalue weighted by Gasteiger charge is 2.41. The van der Waals surface area contributed by atoms with Gasteiger partial charge in [-0.2, -0.15) is 0 Å². The lowest BCUT2D eigenvalue weighted by Crippen LogP contribution is -2.50. The molecule has 0 spiro atoms. The summed E-state index contributed by atoms with van der Waals surface area (Å²) >= 11 is 0. The topological polar surface area (TPSA) is 0 Å². The van der Waals surface area contributed by atoms with Gasteiger partial charge < -0.3 is 0 Å². The number of benzene rings is 2. The average molecular weight is 513 g/mol. The molecule has 2 aromatic rings. The molecule has 0 bridgehead atoms. The molecule has 0 atom stereocenters. The van der Waals surface area contributed by atoms with Crippen LogP contribution in [-0.4, -0.2) is 8.07 Å². The molecule has 0 aromatic heterocycles. The average Bonchev–Trinajstić information content (AvgIpc) is 2.93. The van der Waals surface area contributed by atoms with E-state index in [0.29, 0.717) is 5.56 Å². The molecular formula is C32H43F3Si. The number of rotatable bonds is 6. The van der Waals surface area contributed by atoms with Crippen LogP contribution in [0.2, 0.25) is 18.1 Å². The van der Waals surface area contributed by atoms with Gasteiger partial charge in [0.15, 0.2) is 17.5 Å². The Kier molecular flexibility index (Phi) is 8.29. The lowest BCUT2D eigenvalue weighted by Gasteiger charge is -2.44.